The number of ether oxygens (including phenoxy) is 2. The third-order valence-corrected chi connectivity index (χ3v) is 3.49. The molecule has 0 aliphatic carbocycles. The molecule has 2 rings (SSSR count). The molecule has 1 aromatic rings. The van der Waals surface area contributed by atoms with E-state index < -0.39 is 37.3 Å². The smallest absolute Gasteiger partial charge is 0.223 e. The monoisotopic (exact) mass is 311 g/mol. The number of hydrogen-bond acceptors (Lipinski definition) is 6. The van der Waals surface area contributed by atoms with E-state index in [4.69, 9.17) is 9.47 Å². The minimum absolute atomic E-state index is 0.389. The summed E-state index contributed by atoms with van der Waals surface area (Å²) in [7, 11) is 0. The van der Waals surface area contributed by atoms with Crippen LogP contribution in [0, 0.1) is 6.92 Å². The van der Waals surface area contributed by atoms with Crippen LogP contribution in [0.4, 0.5) is 0 Å². The zero-order valence-electron chi connectivity index (χ0n) is 12.5. The normalized spacial score (nSPS) is 31.6. The van der Waals surface area contributed by atoms with Crippen LogP contribution in [-0.2, 0) is 9.53 Å². The Bertz CT molecular complexity index is 523. The lowest BCUT2D eigenvalue weighted by Gasteiger charge is -2.42. The third kappa shape index (κ3) is 3.75. The standard InChI is InChI=1S/C15H21NO6/c1-8-4-3-5-10(6-8)21-15-12(16-9(2)18)14(20)13(19)11(7-17)22-15/h3-6,11-15,17,19-20H,7H2,1-2H3,(H,16,18)/t11-,12+,13+,14+,15-/m1/s1. The number of benzene rings is 1. The predicted molar refractivity (Wildman–Crippen MR) is 77.2 cm³/mol. The fourth-order valence-electron chi connectivity index (χ4n) is 2.39. The summed E-state index contributed by atoms with van der Waals surface area (Å²) in [5.41, 5.74) is 0.976. The van der Waals surface area contributed by atoms with Crippen molar-refractivity contribution in [3.63, 3.8) is 0 Å². The molecule has 7 heteroatoms. The van der Waals surface area contributed by atoms with E-state index in [2.05, 4.69) is 5.32 Å². The van der Waals surface area contributed by atoms with Gasteiger partial charge < -0.3 is 30.1 Å². The second kappa shape index (κ2) is 7.06. The molecule has 0 radical (unpaired) electrons. The number of aliphatic hydroxyl groups is 3. The molecule has 1 aliphatic rings. The lowest BCUT2D eigenvalue weighted by atomic mass is 9.97. The summed E-state index contributed by atoms with van der Waals surface area (Å²) in [6.07, 6.45) is -4.65. The number of nitrogens with one attached hydrogen (secondary N) is 1. The summed E-state index contributed by atoms with van der Waals surface area (Å²) >= 11 is 0. The van der Waals surface area contributed by atoms with Gasteiger partial charge in [-0.3, -0.25) is 4.79 Å². The maximum absolute atomic E-state index is 11.3. The summed E-state index contributed by atoms with van der Waals surface area (Å²) < 4.78 is 11.2. The third-order valence-electron chi connectivity index (χ3n) is 3.49. The van der Waals surface area contributed by atoms with E-state index >= 15 is 0 Å². The van der Waals surface area contributed by atoms with E-state index in [-0.39, 0.29) is 5.91 Å². The number of carbonyl (C=O) groups is 1. The van der Waals surface area contributed by atoms with E-state index in [0.29, 0.717) is 5.75 Å². The minimum Gasteiger partial charge on any atom is -0.463 e. The van der Waals surface area contributed by atoms with Gasteiger partial charge in [0.15, 0.2) is 0 Å². The summed E-state index contributed by atoms with van der Waals surface area (Å²) in [6.45, 7) is 2.72. The Morgan fingerprint density at radius 1 is 1.36 bits per heavy atom. The van der Waals surface area contributed by atoms with Crippen LogP contribution in [0.5, 0.6) is 5.75 Å². The van der Waals surface area contributed by atoms with E-state index in [9.17, 15) is 20.1 Å². The van der Waals surface area contributed by atoms with Gasteiger partial charge in [0.2, 0.25) is 12.2 Å². The second-order valence-electron chi connectivity index (χ2n) is 5.37. The molecular weight excluding hydrogens is 290 g/mol. The molecule has 1 aliphatic heterocycles. The Morgan fingerprint density at radius 2 is 2.09 bits per heavy atom. The molecule has 4 N–H and O–H groups in total. The summed E-state index contributed by atoms with van der Waals surface area (Å²) in [6, 6.07) is 6.24. The van der Waals surface area contributed by atoms with Gasteiger partial charge in [-0.2, -0.15) is 0 Å². The van der Waals surface area contributed by atoms with Crippen molar-refractivity contribution in [1.82, 2.24) is 5.32 Å². The van der Waals surface area contributed by atoms with E-state index in [1.54, 1.807) is 18.2 Å². The Hall–Kier alpha value is -1.67. The highest BCUT2D eigenvalue weighted by Gasteiger charge is 2.46. The molecule has 1 aromatic carbocycles. The van der Waals surface area contributed by atoms with Crippen LogP contribution in [0.3, 0.4) is 0 Å². The van der Waals surface area contributed by atoms with Gasteiger partial charge in [0, 0.05) is 6.92 Å². The first-order valence-corrected chi connectivity index (χ1v) is 7.05. The van der Waals surface area contributed by atoms with Crippen LogP contribution in [-0.4, -0.2) is 58.5 Å². The quantitative estimate of drug-likeness (QED) is 0.587. The number of rotatable bonds is 4. The second-order valence-corrected chi connectivity index (χ2v) is 5.37. The van der Waals surface area contributed by atoms with Crippen molar-refractivity contribution in [2.24, 2.45) is 0 Å². The largest absolute Gasteiger partial charge is 0.463 e. The molecule has 5 atom stereocenters. The molecule has 1 saturated heterocycles. The lowest BCUT2D eigenvalue weighted by molar-refractivity contribution is -0.244. The Labute approximate surface area is 128 Å². The van der Waals surface area contributed by atoms with Gasteiger partial charge in [0.25, 0.3) is 0 Å². The molecular formula is C15H21NO6. The molecule has 0 saturated carbocycles. The van der Waals surface area contributed by atoms with Gasteiger partial charge in [0.1, 0.15) is 30.1 Å². The van der Waals surface area contributed by atoms with Gasteiger partial charge >= 0.3 is 0 Å². The van der Waals surface area contributed by atoms with E-state index in [0.717, 1.165) is 5.56 Å². The molecule has 1 amide bonds. The van der Waals surface area contributed by atoms with Gasteiger partial charge in [-0.1, -0.05) is 12.1 Å². The summed E-state index contributed by atoms with van der Waals surface area (Å²) in [5, 5.41) is 31.8. The fourth-order valence-corrected chi connectivity index (χ4v) is 2.39. The SMILES string of the molecule is CC(=O)N[C@@H]1[C@H](Oc2cccc(C)c2)O[C@H](CO)[C@H](O)[C@H]1O. The molecule has 1 fully saturated rings. The van der Waals surface area contributed by atoms with Gasteiger partial charge in [-0.05, 0) is 24.6 Å². The highest BCUT2D eigenvalue weighted by atomic mass is 16.7. The molecule has 122 valence electrons. The highest BCUT2D eigenvalue weighted by Crippen LogP contribution is 2.24. The van der Waals surface area contributed by atoms with Gasteiger partial charge in [-0.25, -0.2) is 0 Å². The van der Waals surface area contributed by atoms with Crippen LogP contribution in [0.15, 0.2) is 24.3 Å². The molecule has 7 nitrogen and oxygen atoms in total. The predicted octanol–water partition coefficient (Wildman–Crippen LogP) is -0.682. The molecule has 0 aromatic heterocycles. The average Bonchev–Trinajstić information content (AvgIpc) is 2.46. The Balaban J connectivity index is 2.21. The first-order valence-electron chi connectivity index (χ1n) is 7.05. The Kier molecular flexibility index (Phi) is 5.36. The number of hydrogen-bond donors (Lipinski definition) is 4. The number of aliphatic hydroxyl groups excluding tert-OH is 3. The highest BCUT2D eigenvalue weighted by molar-refractivity contribution is 5.73. The molecule has 1 heterocycles. The lowest BCUT2D eigenvalue weighted by Crippen LogP contribution is -2.65. The maximum atomic E-state index is 11.3. The zero-order chi connectivity index (χ0) is 16.3. The first kappa shape index (κ1) is 16.7. The minimum atomic E-state index is -1.32. The molecule has 0 unspecified atom stereocenters. The van der Waals surface area contributed by atoms with E-state index in [1.807, 2.05) is 13.0 Å². The van der Waals surface area contributed by atoms with Crippen LogP contribution in [0.1, 0.15) is 12.5 Å². The number of carbonyl (C=O) groups excluding carboxylic acids is 1. The van der Waals surface area contributed by atoms with Gasteiger partial charge in [0.05, 0.1) is 6.61 Å². The van der Waals surface area contributed by atoms with Crippen LogP contribution < -0.4 is 10.1 Å². The van der Waals surface area contributed by atoms with Crippen molar-refractivity contribution in [2.75, 3.05) is 6.61 Å². The van der Waals surface area contributed by atoms with Crippen LogP contribution in [0.25, 0.3) is 0 Å². The van der Waals surface area contributed by atoms with Gasteiger partial charge in [-0.15, -0.1) is 0 Å². The van der Waals surface area contributed by atoms with Crippen molar-refractivity contribution in [2.45, 2.75) is 44.5 Å². The van der Waals surface area contributed by atoms with Crippen molar-refractivity contribution in [3.8, 4) is 5.75 Å². The van der Waals surface area contributed by atoms with Crippen molar-refractivity contribution < 1.29 is 29.6 Å². The van der Waals surface area contributed by atoms with Crippen molar-refractivity contribution >= 4 is 5.91 Å². The van der Waals surface area contributed by atoms with Crippen LogP contribution in [0.2, 0.25) is 0 Å². The van der Waals surface area contributed by atoms with Crippen molar-refractivity contribution in [1.29, 1.82) is 0 Å². The average molecular weight is 311 g/mol. The first-order chi connectivity index (χ1) is 10.4. The number of aryl methyl sites for hydroxylation is 1. The van der Waals surface area contributed by atoms with Crippen molar-refractivity contribution in [3.05, 3.63) is 29.8 Å². The summed E-state index contributed by atoms with van der Waals surface area (Å²) in [5.74, 6) is 0.112. The fraction of sp³-hybridized carbons (Fsp3) is 0.533. The molecule has 0 bridgehead atoms. The topological polar surface area (TPSA) is 108 Å². The molecule has 22 heavy (non-hydrogen) atoms. The maximum Gasteiger partial charge on any atom is 0.223 e. The summed E-state index contributed by atoms with van der Waals surface area (Å²) in [4.78, 5) is 11.3. The Morgan fingerprint density at radius 3 is 2.68 bits per heavy atom. The number of amides is 1. The van der Waals surface area contributed by atoms with Crippen LogP contribution >= 0.6 is 0 Å². The zero-order valence-corrected chi connectivity index (χ0v) is 12.5. The van der Waals surface area contributed by atoms with E-state index in [1.165, 1.54) is 6.92 Å². The molecule has 0 spiro atoms.